The summed E-state index contributed by atoms with van der Waals surface area (Å²) in [5.74, 6) is 0.894. The molecule has 1 aromatic heterocycles. The van der Waals surface area contributed by atoms with Gasteiger partial charge in [-0.05, 0) is 13.0 Å². The van der Waals surface area contributed by atoms with Crippen LogP contribution in [0.2, 0.25) is 0 Å². The summed E-state index contributed by atoms with van der Waals surface area (Å²) in [5, 5.41) is 5.83. The summed E-state index contributed by atoms with van der Waals surface area (Å²) in [5.41, 5.74) is 2.15. The van der Waals surface area contributed by atoms with E-state index in [1.807, 2.05) is 19.1 Å². The fraction of sp³-hybridized carbons (Fsp3) is 0.533. The van der Waals surface area contributed by atoms with E-state index in [0.29, 0.717) is 0 Å². The fourth-order valence-electron chi connectivity index (χ4n) is 2.75. The Morgan fingerprint density at radius 1 is 1.25 bits per heavy atom. The maximum Gasteiger partial charge on any atom is 0.144 e. The largest absolute Gasteiger partial charge is 0.494 e. The van der Waals surface area contributed by atoms with Gasteiger partial charge in [-0.1, -0.05) is 12.1 Å². The van der Waals surface area contributed by atoms with Crippen molar-refractivity contribution in [3.05, 3.63) is 23.9 Å². The van der Waals surface area contributed by atoms with Gasteiger partial charge in [-0.3, -0.25) is 9.58 Å². The third-order valence-electron chi connectivity index (χ3n) is 3.87. The van der Waals surface area contributed by atoms with Crippen LogP contribution in [0.1, 0.15) is 5.69 Å². The number of aryl methyl sites for hydroxylation is 1. The number of benzene rings is 1. The molecule has 1 fully saturated rings. The van der Waals surface area contributed by atoms with Gasteiger partial charge in [-0.2, -0.15) is 5.10 Å². The van der Waals surface area contributed by atoms with E-state index in [0.717, 1.165) is 56.4 Å². The number of hydrogen-bond donors (Lipinski definition) is 0. The summed E-state index contributed by atoms with van der Waals surface area (Å²) in [4.78, 5) is 2.42. The van der Waals surface area contributed by atoms with Crippen molar-refractivity contribution in [1.29, 1.82) is 0 Å². The Morgan fingerprint density at radius 3 is 2.80 bits per heavy atom. The number of nitrogens with zero attached hydrogens (tertiary/aromatic N) is 3. The molecule has 108 valence electrons. The van der Waals surface area contributed by atoms with Crippen molar-refractivity contribution in [2.24, 2.45) is 0 Å². The van der Waals surface area contributed by atoms with Crippen molar-refractivity contribution in [3.63, 3.8) is 0 Å². The van der Waals surface area contributed by atoms with E-state index in [4.69, 9.17) is 9.47 Å². The molecule has 0 amide bonds. The minimum Gasteiger partial charge on any atom is -0.494 e. The van der Waals surface area contributed by atoms with Crippen LogP contribution >= 0.6 is 0 Å². The Balaban J connectivity index is 1.83. The molecule has 0 saturated carbocycles. The number of para-hydroxylation sites is 1. The van der Waals surface area contributed by atoms with Crippen LogP contribution in [0.5, 0.6) is 5.75 Å². The van der Waals surface area contributed by atoms with Gasteiger partial charge in [-0.15, -0.1) is 0 Å². The highest BCUT2D eigenvalue weighted by atomic mass is 16.5. The second-order valence-corrected chi connectivity index (χ2v) is 5.12. The lowest BCUT2D eigenvalue weighted by Crippen LogP contribution is -2.38. The van der Waals surface area contributed by atoms with E-state index in [1.165, 1.54) is 5.39 Å². The predicted octanol–water partition coefficient (Wildman–Crippen LogP) is 1.69. The van der Waals surface area contributed by atoms with Crippen molar-refractivity contribution in [2.75, 3.05) is 40.0 Å². The number of ether oxygens (including phenoxy) is 2. The second kappa shape index (κ2) is 5.81. The van der Waals surface area contributed by atoms with E-state index in [1.54, 1.807) is 7.11 Å². The number of morpholine rings is 1. The first-order valence-corrected chi connectivity index (χ1v) is 7.10. The molecule has 1 aliphatic rings. The molecule has 1 aromatic carbocycles. The second-order valence-electron chi connectivity index (χ2n) is 5.12. The molecule has 0 aliphatic carbocycles. The lowest BCUT2D eigenvalue weighted by molar-refractivity contribution is 0.0361. The maximum absolute atomic E-state index is 5.48. The molecule has 2 heterocycles. The molecular formula is C15H21N3O2. The first-order chi connectivity index (χ1) is 9.79. The molecule has 0 radical (unpaired) electrons. The van der Waals surface area contributed by atoms with E-state index >= 15 is 0 Å². The summed E-state index contributed by atoms with van der Waals surface area (Å²) >= 11 is 0. The summed E-state index contributed by atoms with van der Waals surface area (Å²) < 4.78 is 12.9. The lowest BCUT2D eigenvalue weighted by atomic mass is 10.2. The van der Waals surface area contributed by atoms with Gasteiger partial charge in [-0.25, -0.2) is 0 Å². The molecule has 5 nitrogen and oxygen atoms in total. The van der Waals surface area contributed by atoms with Gasteiger partial charge >= 0.3 is 0 Å². The topological polar surface area (TPSA) is 39.5 Å². The summed E-state index contributed by atoms with van der Waals surface area (Å²) in [6.45, 7) is 7.62. The standard InChI is InChI=1S/C15H21N3O2/c1-12-13-4-3-5-14(19-2)15(13)18(16-12)7-6-17-8-10-20-11-9-17/h3-5H,6-11H2,1-2H3. The fourth-order valence-corrected chi connectivity index (χ4v) is 2.75. The Kier molecular flexibility index (Phi) is 3.89. The molecule has 0 bridgehead atoms. The van der Waals surface area contributed by atoms with Gasteiger partial charge in [0.15, 0.2) is 0 Å². The monoisotopic (exact) mass is 275 g/mol. The number of rotatable bonds is 4. The highest BCUT2D eigenvalue weighted by Gasteiger charge is 2.14. The average molecular weight is 275 g/mol. The van der Waals surface area contributed by atoms with Crippen LogP contribution in [0, 0.1) is 6.92 Å². The maximum atomic E-state index is 5.48. The van der Waals surface area contributed by atoms with E-state index in [-0.39, 0.29) is 0 Å². The van der Waals surface area contributed by atoms with Crippen LogP contribution in [0.4, 0.5) is 0 Å². The van der Waals surface area contributed by atoms with Gasteiger partial charge in [0, 0.05) is 25.0 Å². The SMILES string of the molecule is COc1cccc2c(C)nn(CCN3CCOCC3)c12. The molecule has 20 heavy (non-hydrogen) atoms. The van der Waals surface area contributed by atoms with Gasteiger partial charge in [0.25, 0.3) is 0 Å². The Morgan fingerprint density at radius 2 is 2.05 bits per heavy atom. The molecule has 0 atom stereocenters. The smallest absolute Gasteiger partial charge is 0.144 e. The van der Waals surface area contributed by atoms with Crippen molar-refractivity contribution in [1.82, 2.24) is 14.7 Å². The van der Waals surface area contributed by atoms with Gasteiger partial charge in [0.2, 0.25) is 0 Å². The number of aromatic nitrogens is 2. The summed E-state index contributed by atoms with van der Waals surface area (Å²) in [6.07, 6.45) is 0. The van der Waals surface area contributed by atoms with Gasteiger partial charge in [0.05, 0.1) is 32.6 Å². The van der Waals surface area contributed by atoms with Crippen molar-refractivity contribution in [3.8, 4) is 5.75 Å². The minimum atomic E-state index is 0.836. The van der Waals surface area contributed by atoms with Gasteiger partial charge in [0.1, 0.15) is 11.3 Å². The predicted molar refractivity (Wildman–Crippen MR) is 78.3 cm³/mol. The first-order valence-electron chi connectivity index (χ1n) is 7.10. The van der Waals surface area contributed by atoms with Crippen molar-refractivity contribution >= 4 is 10.9 Å². The Hall–Kier alpha value is -1.59. The van der Waals surface area contributed by atoms with E-state index in [2.05, 4.69) is 20.7 Å². The normalized spacial score (nSPS) is 16.7. The third-order valence-corrected chi connectivity index (χ3v) is 3.87. The summed E-state index contributed by atoms with van der Waals surface area (Å²) in [6, 6.07) is 6.11. The molecule has 0 spiro atoms. The van der Waals surface area contributed by atoms with Gasteiger partial charge < -0.3 is 9.47 Å². The molecule has 1 aliphatic heterocycles. The third kappa shape index (κ3) is 2.51. The van der Waals surface area contributed by atoms with Crippen LogP contribution in [-0.2, 0) is 11.3 Å². The van der Waals surface area contributed by atoms with Crippen molar-refractivity contribution in [2.45, 2.75) is 13.5 Å². The number of methoxy groups -OCH3 is 1. The molecule has 5 heteroatoms. The Bertz CT molecular complexity index is 588. The molecule has 2 aromatic rings. The van der Waals surface area contributed by atoms with E-state index in [9.17, 15) is 0 Å². The number of hydrogen-bond acceptors (Lipinski definition) is 4. The highest BCUT2D eigenvalue weighted by Crippen LogP contribution is 2.27. The first kappa shape index (κ1) is 13.4. The molecule has 3 rings (SSSR count). The Labute approximate surface area is 119 Å². The van der Waals surface area contributed by atoms with Crippen LogP contribution in [0.25, 0.3) is 10.9 Å². The zero-order valence-electron chi connectivity index (χ0n) is 12.1. The molecule has 1 saturated heterocycles. The van der Waals surface area contributed by atoms with Crippen molar-refractivity contribution < 1.29 is 9.47 Å². The van der Waals surface area contributed by atoms with E-state index < -0.39 is 0 Å². The highest BCUT2D eigenvalue weighted by molar-refractivity contribution is 5.87. The zero-order valence-corrected chi connectivity index (χ0v) is 12.1. The summed E-state index contributed by atoms with van der Waals surface area (Å²) in [7, 11) is 1.71. The van der Waals surface area contributed by atoms with Crippen LogP contribution in [0.3, 0.4) is 0 Å². The molecular weight excluding hydrogens is 254 g/mol. The molecule has 0 unspecified atom stereocenters. The van der Waals surface area contributed by atoms with Crippen LogP contribution in [0.15, 0.2) is 18.2 Å². The average Bonchev–Trinajstić information content (AvgIpc) is 2.83. The number of fused-ring (bicyclic) bond motifs is 1. The lowest BCUT2D eigenvalue weighted by Gasteiger charge is -2.26. The molecule has 0 N–H and O–H groups in total. The minimum absolute atomic E-state index is 0.836. The quantitative estimate of drug-likeness (QED) is 0.851. The van der Waals surface area contributed by atoms with Crippen LogP contribution in [-0.4, -0.2) is 54.6 Å². The zero-order chi connectivity index (χ0) is 13.9. The van der Waals surface area contributed by atoms with Crippen LogP contribution < -0.4 is 4.74 Å².